The van der Waals surface area contributed by atoms with Crippen LogP contribution in [0.15, 0.2) is 48.5 Å². The van der Waals surface area contributed by atoms with Crippen molar-refractivity contribution in [2.24, 2.45) is 0 Å². The molecule has 10 heteroatoms. The quantitative estimate of drug-likeness (QED) is 0.173. The lowest BCUT2D eigenvalue weighted by Gasteiger charge is -2.18. The predicted octanol–water partition coefficient (Wildman–Crippen LogP) is 5.72. The molecular formula is C24H20Cl3NO5S. The Morgan fingerprint density at radius 1 is 1.06 bits per heavy atom. The normalized spacial score (nSPS) is 15.0. The van der Waals surface area contributed by atoms with Crippen molar-refractivity contribution in [3.63, 3.8) is 0 Å². The standard InChI is InChI=1S/C24H20Cl3NO5S/c1-24(2)20-16-7-4-3-6-14(16)8-9-19(20)28(10-5-11-34(30,31)32)22(24)23(29)33-21-17(26)12-15(25)13-18(21)27/h3-4,6-9,12-13H,5,10-11H2,1-2H3. The molecule has 0 unspecified atom stereocenters. The number of hydrogen-bond donors (Lipinski definition) is 0. The Labute approximate surface area is 212 Å². The summed E-state index contributed by atoms with van der Waals surface area (Å²) in [6.07, 6.45) is 0.0351. The summed E-state index contributed by atoms with van der Waals surface area (Å²) in [4.78, 5) is 13.6. The van der Waals surface area contributed by atoms with Crippen molar-refractivity contribution in [3.05, 3.63) is 69.2 Å². The monoisotopic (exact) mass is 539 g/mol. The molecule has 0 radical (unpaired) electrons. The fourth-order valence-electron chi connectivity index (χ4n) is 4.48. The maximum Gasteiger partial charge on any atom is 0.405 e. The van der Waals surface area contributed by atoms with Crippen molar-refractivity contribution in [1.82, 2.24) is 0 Å². The summed E-state index contributed by atoms with van der Waals surface area (Å²) in [7, 11) is -4.41. The summed E-state index contributed by atoms with van der Waals surface area (Å²) in [6.45, 7) is 3.91. The van der Waals surface area contributed by atoms with E-state index in [2.05, 4.69) is 0 Å². The number of ether oxygens (including phenoxy) is 1. The van der Waals surface area contributed by atoms with Crippen molar-refractivity contribution in [2.75, 3.05) is 12.3 Å². The first kappa shape index (κ1) is 24.9. The summed E-state index contributed by atoms with van der Waals surface area (Å²) in [5, 5.41) is 2.40. The average molecular weight is 541 g/mol. The van der Waals surface area contributed by atoms with Crippen LogP contribution in [0.2, 0.25) is 15.1 Å². The van der Waals surface area contributed by atoms with Gasteiger partial charge in [0.05, 0.1) is 25.6 Å². The number of carbonyl (C=O) groups excluding carboxylic acids is 1. The minimum absolute atomic E-state index is 0.0241. The highest BCUT2D eigenvalue weighted by Crippen LogP contribution is 2.45. The third-order valence-corrected chi connectivity index (χ3v) is 7.38. The summed E-state index contributed by atoms with van der Waals surface area (Å²) in [5.41, 5.74) is 1.11. The molecule has 1 heterocycles. The zero-order valence-electron chi connectivity index (χ0n) is 18.3. The van der Waals surface area contributed by atoms with Gasteiger partial charge in [0, 0.05) is 28.8 Å². The van der Waals surface area contributed by atoms with Gasteiger partial charge >= 0.3 is 5.97 Å². The van der Waals surface area contributed by atoms with Gasteiger partial charge in [0.15, 0.2) is 12.3 Å². The maximum atomic E-state index is 13.6. The summed E-state index contributed by atoms with van der Waals surface area (Å²) >= 11 is 18.4. The van der Waals surface area contributed by atoms with E-state index in [0.29, 0.717) is 5.02 Å². The molecule has 0 amide bonds. The Morgan fingerprint density at radius 3 is 2.35 bits per heavy atom. The molecule has 1 aliphatic heterocycles. The number of nitrogens with zero attached hydrogens (tertiary/aromatic N) is 1. The molecule has 6 nitrogen and oxygen atoms in total. The van der Waals surface area contributed by atoms with E-state index in [1.54, 1.807) is 4.58 Å². The van der Waals surface area contributed by atoms with Gasteiger partial charge in [-0.2, -0.15) is 4.58 Å². The van der Waals surface area contributed by atoms with Crippen molar-refractivity contribution >= 4 is 73.1 Å². The number of hydrogen-bond acceptors (Lipinski definition) is 5. The molecule has 3 aromatic rings. The lowest BCUT2D eigenvalue weighted by atomic mass is 9.79. The molecule has 4 rings (SSSR count). The van der Waals surface area contributed by atoms with Gasteiger partial charge in [-0.05, 0) is 42.8 Å². The summed E-state index contributed by atoms with van der Waals surface area (Å²) < 4.78 is 41.0. The van der Waals surface area contributed by atoms with Crippen LogP contribution in [-0.2, 0) is 20.3 Å². The SMILES string of the molecule is CC1(C)C(C(=O)Oc2c(Cl)cc(Cl)cc2Cl)=[N+](CCCS(=O)(=O)[O-])c2ccc3ccccc3c21. The second-order valence-electron chi connectivity index (χ2n) is 8.51. The van der Waals surface area contributed by atoms with Crippen molar-refractivity contribution < 1.29 is 27.1 Å². The lowest BCUT2D eigenvalue weighted by Crippen LogP contribution is -2.39. The van der Waals surface area contributed by atoms with Gasteiger partial charge in [-0.1, -0.05) is 59.1 Å². The van der Waals surface area contributed by atoms with E-state index < -0.39 is 27.3 Å². The van der Waals surface area contributed by atoms with Gasteiger partial charge in [-0.25, -0.2) is 13.2 Å². The first-order chi connectivity index (χ1) is 15.9. The third kappa shape index (κ3) is 4.68. The van der Waals surface area contributed by atoms with E-state index in [9.17, 15) is 17.8 Å². The topological polar surface area (TPSA) is 86.5 Å². The highest BCUT2D eigenvalue weighted by molar-refractivity contribution is 7.85. The van der Waals surface area contributed by atoms with Gasteiger partial charge in [-0.3, -0.25) is 0 Å². The zero-order chi connectivity index (χ0) is 24.8. The molecule has 178 valence electrons. The molecule has 0 bridgehead atoms. The van der Waals surface area contributed by atoms with Gasteiger partial charge in [0.2, 0.25) is 5.69 Å². The third-order valence-electron chi connectivity index (χ3n) is 5.81. The molecule has 0 saturated heterocycles. The highest BCUT2D eigenvalue weighted by Gasteiger charge is 2.51. The van der Waals surface area contributed by atoms with Gasteiger partial charge in [0.1, 0.15) is 0 Å². The van der Waals surface area contributed by atoms with Crippen LogP contribution in [0.3, 0.4) is 0 Å². The molecular weight excluding hydrogens is 521 g/mol. The van der Waals surface area contributed by atoms with Crippen LogP contribution in [-0.4, -0.2) is 41.5 Å². The second-order valence-corrected chi connectivity index (χ2v) is 11.3. The molecule has 0 aromatic heterocycles. The number of halogens is 3. The van der Waals surface area contributed by atoms with Crippen LogP contribution in [0, 0.1) is 0 Å². The zero-order valence-corrected chi connectivity index (χ0v) is 21.4. The van der Waals surface area contributed by atoms with Crippen molar-refractivity contribution in [3.8, 4) is 5.75 Å². The van der Waals surface area contributed by atoms with E-state index in [4.69, 9.17) is 39.5 Å². The molecule has 0 atom stereocenters. The predicted molar refractivity (Wildman–Crippen MR) is 133 cm³/mol. The van der Waals surface area contributed by atoms with Gasteiger partial charge < -0.3 is 9.29 Å². The molecule has 0 saturated carbocycles. The fourth-order valence-corrected chi connectivity index (χ4v) is 5.86. The van der Waals surface area contributed by atoms with E-state index in [0.717, 1.165) is 22.0 Å². The van der Waals surface area contributed by atoms with Gasteiger partial charge in [-0.15, -0.1) is 0 Å². The number of benzene rings is 3. The first-order valence-electron chi connectivity index (χ1n) is 10.4. The number of rotatable bonds is 6. The largest absolute Gasteiger partial charge is 0.748 e. The highest BCUT2D eigenvalue weighted by atomic mass is 35.5. The van der Waals surface area contributed by atoms with Crippen LogP contribution in [0.4, 0.5) is 5.69 Å². The number of fused-ring (bicyclic) bond motifs is 3. The minimum atomic E-state index is -4.41. The Balaban J connectivity index is 1.84. The summed E-state index contributed by atoms with van der Waals surface area (Å²) in [6, 6.07) is 14.4. The van der Waals surface area contributed by atoms with Crippen molar-refractivity contribution in [1.29, 1.82) is 0 Å². The molecule has 34 heavy (non-hydrogen) atoms. The minimum Gasteiger partial charge on any atom is -0.748 e. The Bertz CT molecular complexity index is 1440. The number of esters is 1. The maximum absolute atomic E-state index is 13.6. The van der Waals surface area contributed by atoms with Crippen LogP contribution in [0.25, 0.3) is 10.8 Å². The van der Waals surface area contributed by atoms with Crippen LogP contribution >= 0.6 is 34.8 Å². The smallest absolute Gasteiger partial charge is 0.405 e. The second kappa shape index (κ2) is 9.13. The first-order valence-corrected chi connectivity index (χ1v) is 13.1. The molecule has 0 fully saturated rings. The fraction of sp³-hybridized carbons (Fsp3) is 0.250. The average Bonchev–Trinajstić information content (AvgIpc) is 2.96. The van der Waals surface area contributed by atoms with Gasteiger partial charge in [0.25, 0.3) is 5.71 Å². The summed E-state index contributed by atoms with van der Waals surface area (Å²) in [5.74, 6) is -1.27. The molecule has 0 spiro atoms. The Hall–Kier alpha value is -2.16. The van der Waals surface area contributed by atoms with E-state index in [1.807, 2.05) is 50.2 Å². The lowest BCUT2D eigenvalue weighted by molar-refractivity contribution is -0.437. The molecule has 0 N–H and O–H groups in total. The van der Waals surface area contributed by atoms with Crippen LogP contribution in [0.5, 0.6) is 5.75 Å². The van der Waals surface area contributed by atoms with E-state index in [1.165, 1.54) is 12.1 Å². The Morgan fingerprint density at radius 2 is 1.71 bits per heavy atom. The van der Waals surface area contributed by atoms with E-state index >= 15 is 0 Å². The van der Waals surface area contributed by atoms with E-state index in [-0.39, 0.29) is 34.5 Å². The number of carbonyl (C=O) groups is 1. The molecule has 1 aliphatic rings. The van der Waals surface area contributed by atoms with Crippen LogP contribution < -0.4 is 4.74 Å². The van der Waals surface area contributed by atoms with Crippen molar-refractivity contribution in [2.45, 2.75) is 25.7 Å². The van der Waals surface area contributed by atoms with Crippen LogP contribution in [0.1, 0.15) is 25.8 Å². The molecule has 0 aliphatic carbocycles. The Kier molecular flexibility index (Phi) is 6.70. The molecule has 3 aromatic carbocycles.